The molecule has 1 atom stereocenters. The summed E-state index contributed by atoms with van der Waals surface area (Å²) < 4.78 is 23.7. The Morgan fingerprint density at radius 3 is 2.50 bits per heavy atom. The van der Waals surface area contributed by atoms with Crippen molar-refractivity contribution in [2.24, 2.45) is 0 Å². The van der Waals surface area contributed by atoms with E-state index in [9.17, 15) is 9.18 Å². The van der Waals surface area contributed by atoms with E-state index < -0.39 is 0 Å². The molecule has 1 aliphatic rings. The molecule has 0 aromatic heterocycles. The number of rotatable bonds is 7. The van der Waals surface area contributed by atoms with Gasteiger partial charge in [-0.15, -0.1) is 0 Å². The molecule has 3 rings (SSSR count). The first-order valence-corrected chi connectivity index (χ1v) is 8.73. The highest BCUT2D eigenvalue weighted by Gasteiger charge is 2.20. The van der Waals surface area contributed by atoms with Gasteiger partial charge in [-0.25, -0.2) is 4.39 Å². The number of amides is 1. The first kappa shape index (κ1) is 18.4. The zero-order valence-corrected chi connectivity index (χ0v) is 14.6. The van der Waals surface area contributed by atoms with Gasteiger partial charge in [0.25, 0.3) is 5.91 Å². The van der Waals surface area contributed by atoms with E-state index in [1.807, 2.05) is 30.3 Å². The summed E-state index contributed by atoms with van der Waals surface area (Å²) in [6, 6.07) is 15.4. The second-order valence-electron chi connectivity index (χ2n) is 6.19. The number of benzene rings is 2. The topological polar surface area (TPSA) is 50.8 Å². The van der Waals surface area contributed by atoms with Gasteiger partial charge < -0.3 is 14.8 Å². The van der Waals surface area contributed by atoms with Crippen LogP contribution in [0.1, 0.15) is 11.6 Å². The quantitative estimate of drug-likeness (QED) is 0.826. The van der Waals surface area contributed by atoms with Gasteiger partial charge in [-0.05, 0) is 29.8 Å². The maximum atomic E-state index is 12.9. The lowest BCUT2D eigenvalue weighted by atomic mass is 10.1. The van der Waals surface area contributed by atoms with Crippen LogP contribution < -0.4 is 10.1 Å². The molecule has 0 unspecified atom stereocenters. The molecule has 0 aliphatic carbocycles. The van der Waals surface area contributed by atoms with Crippen LogP contribution in [0.4, 0.5) is 4.39 Å². The van der Waals surface area contributed by atoms with E-state index in [0.29, 0.717) is 19.0 Å². The van der Waals surface area contributed by atoms with Crippen LogP contribution >= 0.6 is 0 Å². The molecular formula is C20H23FN2O3. The van der Waals surface area contributed by atoms with Crippen molar-refractivity contribution in [1.82, 2.24) is 10.2 Å². The third-order valence-corrected chi connectivity index (χ3v) is 4.27. The van der Waals surface area contributed by atoms with Crippen LogP contribution in [0.2, 0.25) is 0 Å². The Balaban J connectivity index is 1.58. The van der Waals surface area contributed by atoms with Crippen molar-refractivity contribution in [3.8, 4) is 5.75 Å². The summed E-state index contributed by atoms with van der Waals surface area (Å²) in [5.41, 5.74) is 1.05. The van der Waals surface area contributed by atoms with E-state index in [1.165, 1.54) is 24.3 Å². The van der Waals surface area contributed by atoms with Crippen LogP contribution in [0, 0.1) is 5.82 Å². The van der Waals surface area contributed by atoms with Crippen molar-refractivity contribution in [2.75, 3.05) is 39.5 Å². The van der Waals surface area contributed by atoms with Crippen LogP contribution in [0.5, 0.6) is 5.75 Å². The molecule has 138 valence electrons. The van der Waals surface area contributed by atoms with Gasteiger partial charge in [0, 0.05) is 19.6 Å². The maximum absolute atomic E-state index is 12.9. The van der Waals surface area contributed by atoms with Gasteiger partial charge >= 0.3 is 0 Å². The molecule has 0 radical (unpaired) electrons. The Kier molecular flexibility index (Phi) is 6.57. The molecule has 0 bridgehead atoms. The molecule has 2 aromatic rings. The Labute approximate surface area is 152 Å². The zero-order chi connectivity index (χ0) is 18.2. The molecule has 0 spiro atoms. The Hall–Kier alpha value is -2.44. The number of nitrogens with one attached hydrogen (secondary N) is 1. The molecule has 1 heterocycles. The molecule has 1 N–H and O–H groups in total. The molecule has 1 aliphatic heterocycles. The summed E-state index contributed by atoms with van der Waals surface area (Å²) in [5.74, 6) is -0.0844. The number of hydrogen-bond acceptors (Lipinski definition) is 4. The number of ether oxygens (including phenoxy) is 2. The lowest BCUT2D eigenvalue weighted by Crippen LogP contribution is -2.44. The molecule has 26 heavy (non-hydrogen) atoms. The van der Waals surface area contributed by atoms with E-state index in [1.54, 1.807) is 0 Å². The lowest BCUT2D eigenvalue weighted by molar-refractivity contribution is -0.124. The Morgan fingerprint density at radius 2 is 1.81 bits per heavy atom. The summed E-state index contributed by atoms with van der Waals surface area (Å²) >= 11 is 0. The van der Waals surface area contributed by atoms with Crippen LogP contribution in [-0.4, -0.2) is 50.3 Å². The fourth-order valence-corrected chi connectivity index (χ4v) is 2.88. The van der Waals surface area contributed by atoms with Crippen LogP contribution in [0.15, 0.2) is 54.6 Å². The molecule has 6 heteroatoms. The average molecular weight is 358 g/mol. The van der Waals surface area contributed by atoms with Crippen LogP contribution in [0.3, 0.4) is 0 Å². The molecule has 1 saturated heterocycles. The van der Waals surface area contributed by atoms with Crippen molar-refractivity contribution in [1.29, 1.82) is 0 Å². The number of carbonyl (C=O) groups is 1. The number of hydrogen-bond donors (Lipinski definition) is 1. The minimum absolute atomic E-state index is 0.113. The van der Waals surface area contributed by atoms with Gasteiger partial charge in [-0.3, -0.25) is 9.69 Å². The van der Waals surface area contributed by atoms with Crippen molar-refractivity contribution in [3.05, 3.63) is 66.0 Å². The largest absolute Gasteiger partial charge is 0.484 e. The lowest BCUT2D eigenvalue weighted by Gasteiger charge is -2.31. The molecule has 1 amide bonds. The SMILES string of the molecule is O=C(COc1ccc(F)cc1)N[C@@H](CN1CCOCC1)c1ccccc1. The summed E-state index contributed by atoms with van der Waals surface area (Å²) in [4.78, 5) is 14.6. The minimum Gasteiger partial charge on any atom is -0.484 e. The first-order chi connectivity index (χ1) is 12.7. The Bertz CT molecular complexity index is 688. The third-order valence-electron chi connectivity index (χ3n) is 4.27. The number of nitrogens with zero attached hydrogens (tertiary/aromatic N) is 1. The number of halogens is 1. The van der Waals surface area contributed by atoms with Crippen LogP contribution in [-0.2, 0) is 9.53 Å². The zero-order valence-electron chi connectivity index (χ0n) is 14.6. The second-order valence-corrected chi connectivity index (χ2v) is 6.19. The summed E-state index contributed by atoms with van der Waals surface area (Å²) in [7, 11) is 0. The van der Waals surface area contributed by atoms with E-state index in [0.717, 1.165) is 25.2 Å². The predicted molar refractivity (Wildman–Crippen MR) is 96.5 cm³/mol. The fraction of sp³-hybridized carbons (Fsp3) is 0.350. The van der Waals surface area contributed by atoms with Gasteiger partial charge in [0.2, 0.25) is 0 Å². The van der Waals surface area contributed by atoms with Gasteiger partial charge in [0.1, 0.15) is 11.6 Å². The molecule has 0 saturated carbocycles. The van der Waals surface area contributed by atoms with Crippen LogP contribution in [0.25, 0.3) is 0 Å². The standard InChI is InChI=1S/C20H23FN2O3/c21-17-6-8-18(9-7-17)26-15-20(24)22-19(16-4-2-1-3-5-16)14-23-10-12-25-13-11-23/h1-9,19H,10-15H2,(H,22,24)/t19-/m0/s1. The van der Waals surface area contributed by atoms with Crippen molar-refractivity contribution in [2.45, 2.75) is 6.04 Å². The second kappa shape index (κ2) is 9.31. The van der Waals surface area contributed by atoms with E-state index in [2.05, 4.69) is 10.2 Å². The Morgan fingerprint density at radius 1 is 1.12 bits per heavy atom. The predicted octanol–water partition coefficient (Wildman–Crippen LogP) is 2.39. The average Bonchev–Trinajstić information content (AvgIpc) is 2.68. The summed E-state index contributed by atoms with van der Waals surface area (Å²) in [5, 5.41) is 3.04. The highest BCUT2D eigenvalue weighted by atomic mass is 19.1. The third kappa shape index (κ3) is 5.54. The monoisotopic (exact) mass is 358 g/mol. The maximum Gasteiger partial charge on any atom is 0.258 e. The molecule has 2 aromatic carbocycles. The van der Waals surface area contributed by atoms with Gasteiger partial charge in [-0.2, -0.15) is 0 Å². The van der Waals surface area contributed by atoms with Gasteiger partial charge in [0.05, 0.1) is 19.3 Å². The van der Waals surface area contributed by atoms with E-state index in [4.69, 9.17) is 9.47 Å². The number of morpholine rings is 1. The molecular weight excluding hydrogens is 335 g/mol. The minimum atomic E-state index is -0.337. The summed E-state index contributed by atoms with van der Waals surface area (Å²) in [6.45, 7) is 3.73. The molecule has 1 fully saturated rings. The van der Waals surface area contributed by atoms with Crippen molar-refractivity contribution >= 4 is 5.91 Å². The van der Waals surface area contributed by atoms with E-state index in [-0.39, 0.29) is 24.4 Å². The first-order valence-electron chi connectivity index (χ1n) is 8.73. The normalized spacial score (nSPS) is 16.0. The van der Waals surface area contributed by atoms with E-state index >= 15 is 0 Å². The highest BCUT2D eigenvalue weighted by molar-refractivity contribution is 5.78. The van der Waals surface area contributed by atoms with Gasteiger partial charge in [0.15, 0.2) is 6.61 Å². The van der Waals surface area contributed by atoms with Crippen molar-refractivity contribution < 1.29 is 18.7 Å². The smallest absolute Gasteiger partial charge is 0.258 e. The summed E-state index contributed by atoms with van der Waals surface area (Å²) in [6.07, 6.45) is 0. The highest BCUT2D eigenvalue weighted by Crippen LogP contribution is 2.16. The fourth-order valence-electron chi connectivity index (χ4n) is 2.88. The number of carbonyl (C=O) groups excluding carboxylic acids is 1. The van der Waals surface area contributed by atoms with Crippen molar-refractivity contribution in [3.63, 3.8) is 0 Å². The molecule has 5 nitrogen and oxygen atoms in total. The van der Waals surface area contributed by atoms with Gasteiger partial charge in [-0.1, -0.05) is 30.3 Å².